The Hall–Kier alpha value is -1.42. The lowest BCUT2D eigenvalue weighted by atomic mass is 10.3. The smallest absolute Gasteiger partial charge is 0.162 e. The Morgan fingerprint density at radius 3 is 2.80 bits per heavy atom. The van der Waals surface area contributed by atoms with Gasteiger partial charge in [-0.05, 0) is 46.9 Å². The Morgan fingerprint density at radius 1 is 1.40 bits per heavy atom. The largest absolute Gasteiger partial charge is 0.239 e. The van der Waals surface area contributed by atoms with Gasteiger partial charge in [-0.15, -0.1) is 0 Å². The highest BCUT2D eigenvalue weighted by atomic mass is 127. The van der Waals surface area contributed by atoms with Crippen LogP contribution in [0.2, 0.25) is 0 Å². The molecule has 0 amide bonds. The van der Waals surface area contributed by atoms with Crippen LogP contribution >= 0.6 is 22.6 Å². The first-order valence-electron chi connectivity index (χ1n) is 4.12. The molecule has 5 heteroatoms. The minimum Gasteiger partial charge on any atom is -0.239 e. The number of aromatic nitrogens is 2. The molecule has 0 atom stereocenters. The molecular weight excluding hydrogens is 308 g/mol. The highest BCUT2D eigenvalue weighted by Gasteiger charge is 2.05. The van der Waals surface area contributed by atoms with Crippen LogP contribution in [0, 0.1) is 20.7 Å². The Labute approximate surface area is 99.3 Å². The normalized spacial score (nSPS) is 9.93. The Balaban J connectivity index is 2.50. The van der Waals surface area contributed by atoms with Crippen molar-refractivity contribution >= 4 is 22.6 Å². The van der Waals surface area contributed by atoms with E-state index in [0.29, 0.717) is 5.69 Å². The third-order valence-electron chi connectivity index (χ3n) is 1.86. The van der Waals surface area contributed by atoms with Crippen LogP contribution in [0.25, 0.3) is 5.69 Å². The summed E-state index contributed by atoms with van der Waals surface area (Å²) in [5.74, 6) is -0.282. The summed E-state index contributed by atoms with van der Waals surface area (Å²) in [6.45, 7) is 0. The summed E-state index contributed by atoms with van der Waals surface area (Å²) in [6.07, 6.45) is 1.67. The Kier molecular flexibility index (Phi) is 2.68. The maximum Gasteiger partial charge on any atom is 0.162 e. The molecule has 0 unspecified atom stereocenters. The third-order valence-corrected chi connectivity index (χ3v) is 2.72. The zero-order valence-corrected chi connectivity index (χ0v) is 9.64. The summed E-state index contributed by atoms with van der Waals surface area (Å²) in [5, 5.41) is 12.6. The predicted molar refractivity (Wildman–Crippen MR) is 61.0 cm³/mol. The van der Waals surface area contributed by atoms with Gasteiger partial charge < -0.3 is 0 Å². The van der Waals surface area contributed by atoms with Crippen LogP contribution in [0.3, 0.4) is 0 Å². The van der Waals surface area contributed by atoms with Crippen LogP contribution in [0.5, 0.6) is 0 Å². The van der Waals surface area contributed by atoms with E-state index in [2.05, 4.69) is 5.10 Å². The van der Waals surface area contributed by atoms with Gasteiger partial charge in [-0.25, -0.2) is 9.07 Å². The van der Waals surface area contributed by atoms with E-state index in [4.69, 9.17) is 5.26 Å². The first kappa shape index (κ1) is 10.1. The van der Waals surface area contributed by atoms with Crippen molar-refractivity contribution in [2.45, 2.75) is 0 Å². The van der Waals surface area contributed by atoms with Gasteiger partial charge in [0.15, 0.2) is 5.69 Å². The molecule has 0 bridgehead atoms. The maximum absolute atomic E-state index is 12.8. The van der Waals surface area contributed by atoms with Crippen LogP contribution in [-0.2, 0) is 0 Å². The number of rotatable bonds is 1. The van der Waals surface area contributed by atoms with Crippen molar-refractivity contribution in [2.24, 2.45) is 0 Å². The molecule has 0 aliphatic rings. The van der Waals surface area contributed by atoms with Crippen molar-refractivity contribution in [1.82, 2.24) is 9.78 Å². The molecule has 0 saturated heterocycles. The fourth-order valence-corrected chi connectivity index (χ4v) is 1.91. The fourth-order valence-electron chi connectivity index (χ4n) is 1.18. The fraction of sp³-hybridized carbons (Fsp3) is 0. The van der Waals surface area contributed by atoms with E-state index in [0.717, 1.165) is 9.26 Å². The monoisotopic (exact) mass is 313 g/mol. The maximum atomic E-state index is 12.8. The number of hydrogen-bond acceptors (Lipinski definition) is 2. The molecule has 1 aromatic heterocycles. The zero-order chi connectivity index (χ0) is 10.8. The molecule has 3 nitrogen and oxygen atoms in total. The average molecular weight is 313 g/mol. The lowest BCUT2D eigenvalue weighted by Crippen LogP contribution is -1.98. The molecule has 2 aromatic rings. The first-order valence-corrected chi connectivity index (χ1v) is 5.20. The van der Waals surface area contributed by atoms with Gasteiger partial charge in [0.1, 0.15) is 11.9 Å². The summed E-state index contributed by atoms with van der Waals surface area (Å²) < 4.78 is 15.2. The van der Waals surface area contributed by atoms with Gasteiger partial charge in [0, 0.05) is 9.77 Å². The van der Waals surface area contributed by atoms with Gasteiger partial charge in [-0.3, -0.25) is 0 Å². The first-order chi connectivity index (χ1) is 7.20. The van der Waals surface area contributed by atoms with Crippen molar-refractivity contribution in [3.8, 4) is 11.8 Å². The van der Waals surface area contributed by atoms with E-state index in [-0.39, 0.29) is 5.82 Å². The summed E-state index contributed by atoms with van der Waals surface area (Å²) in [4.78, 5) is 0. The minimum absolute atomic E-state index is 0.282. The van der Waals surface area contributed by atoms with Crippen molar-refractivity contribution < 1.29 is 4.39 Å². The van der Waals surface area contributed by atoms with Crippen LogP contribution in [0.1, 0.15) is 5.69 Å². The van der Waals surface area contributed by atoms with E-state index < -0.39 is 0 Å². The van der Waals surface area contributed by atoms with Crippen molar-refractivity contribution in [3.63, 3.8) is 0 Å². The Bertz CT molecular complexity index is 542. The van der Waals surface area contributed by atoms with E-state index in [1.165, 1.54) is 12.1 Å². The molecule has 0 saturated carbocycles. The molecule has 0 radical (unpaired) electrons. The van der Waals surface area contributed by atoms with E-state index in [1.807, 2.05) is 28.7 Å². The lowest BCUT2D eigenvalue weighted by Gasteiger charge is -2.03. The van der Waals surface area contributed by atoms with Crippen LogP contribution in [-0.4, -0.2) is 9.78 Å². The third kappa shape index (κ3) is 1.99. The van der Waals surface area contributed by atoms with Gasteiger partial charge in [-0.2, -0.15) is 10.4 Å². The molecular formula is C10H5FIN3. The molecule has 1 aromatic carbocycles. The van der Waals surface area contributed by atoms with E-state index in [9.17, 15) is 4.39 Å². The summed E-state index contributed by atoms with van der Waals surface area (Å²) >= 11 is 2.03. The molecule has 0 aliphatic heterocycles. The predicted octanol–water partition coefficient (Wildman–Crippen LogP) is 2.49. The van der Waals surface area contributed by atoms with E-state index in [1.54, 1.807) is 23.0 Å². The highest BCUT2D eigenvalue weighted by Crippen LogP contribution is 2.17. The molecule has 0 fully saturated rings. The number of hydrogen-bond donors (Lipinski definition) is 0. The van der Waals surface area contributed by atoms with Gasteiger partial charge in [0.05, 0.1) is 5.69 Å². The summed E-state index contributed by atoms with van der Waals surface area (Å²) in [6, 6.07) is 7.97. The molecule has 0 aliphatic carbocycles. The van der Waals surface area contributed by atoms with Crippen LogP contribution in [0.15, 0.2) is 30.5 Å². The molecule has 15 heavy (non-hydrogen) atoms. The molecule has 2 rings (SSSR count). The van der Waals surface area contributed by atoms with Gasteiger partial charge in [0.25, 0.3) is 0 Å². The molecule has 0 N–H and O–H groups in total. The van der Waals surface area contributed by atoms with Crippen LogP contribution in [0.4, 0.5) is 4.39 Å². The second kappa shape index (κ2) is 3.98. The van der Waals surface area contributed by atoms with Gasteiger partial charge in [-0.1, -0.05) is 0 Å². The number of benzene rings is 1. The minimum atomic E-state index is -0.282. The Morgan fingerprint density at radius 2 is 2.20 bits per heavy atom. The highest BCUT2D eigenvalue weighted by molar-refractivity contribution is 14.1. The average Bonchev–Trinajstić information content (AvgIpc) is 2.66. The van der Waals surface area contributed by atoms with Crippen molar-refractivity contribution in [1.29, 1.82) is 5.26 Å². The number of nitrogens with zero attached hydrogens (tertiary/aromatic N) is 3. The van der Waals surface area contributed by atoms with Gasteiger partial charge >= 0.3 is 0 Å². The molecule has 74 valence electrons. The quantitative estimate of drug-likeness (QED) is 0.759. The number of nitriles is 1. The summed E-state index contributed by atoms with van der Waals surface area (Å²) in [5.41, 5.74) is 1.11. The topological polar surface area (TPSA) is 41.6 Å². The standard InChI is InChI=1S/C10H5FIN3/c11-7-1-2-10(9(12)5-7)15-4-3-8(6-13)14-15/h1-5H. The van der Waals surface area contributed by atoms with Crippen molar-refractivity contribution in [3.05, 3.63) is 45.5 Å². The number of halogens is 2. The lowest BCUT2D eigenvalue weighted by molar-refractivity contribution is 0.626. The van der Waals surface area contributed by atoms with Gasteiger partial charge in [0.2, 0.25) is 0 Å². The van der Waals surface area contributed by atoms with E-state index >= 15 is 0 Å². The summed E-state index contributed by atoms with van der Waals surface area (Å²) in [7, 11) is 0. The van der Waals surface area contributed by atoms with Crippen LogP contribution < -0.4 is 0 Å². The second-order valence-corrected chi connectivity index (χ2v) is 4.02. The molecule has 1 heterocycles. The molecule has 0 spiro atoms. The SMILES string of the molecule is N#Cc1ccn(-c2ccc(F)cc2I)n1. The van der Waals surface area contributed by atoms with Crippen molar-refractivity contribution in [2.75, 3.05) is 0 Å². The second-order valence-electron chi connectivity index (χ2n) is 2.85. The zero-order valence-electron chi connectivity index (χ0n) is 7.48.